The van der Waals surface area contributed by atoms with Crippen molar-refractivity contribution in [2.45, 2.75) is 88.5 Å². The molecule has 3 aliphatic carbocycles. The first-order valence-electron chi connectivity index (χ1n) is 17.3. The van der Waals surface area contributed by atoms with Crippen molar-refractivity contribution < 1.29 is 14.6 Å². The summed E-state index contributed by atoms with van der Waals surface area (Å²) in [5, 5.41) is 14.6. The second-order valence-electron chi connectivity index (χ2n) is 14.6. The number of anilines is 1. The van der Waals surface area contributed by atoms with Gasteiger partial charge in [0.05, 0.1) is 6.61 Å². The van der Waals surface area contributed by atoms with Gasteiger partial charge in [0.15, 0.2) is 0 Å². The molecular formula is C40H46ClN3O3. The van der Waals surface area contributed by atoms with E-state index in [0.717, 1.165) is 43.5 Å². The van der Waals surface area contributed by atoms with Gasteiger partial charge in [0.1, 0.15) is 11.3 Å². The second kappa shape index (κ2) is 12.7. The topological polar surface area (TPSA) is 76.4 Å². The average Bonchev–Trinajstić information content (AvgIpc) is 3.62. The highest BCUT2D eigenvalue weighted by atomic mass is 35.5. The quantitative estimate of drug-likeness (QED) is 0.189. The first kappa shape index (κ1) is 31.8. The Kier molecular flexibility index (Phi) is 8.58. The maximum atomic E-state index is 12.9. The number of halogens is 1. The molecule has 1 saturated carbocycles. The van der Waals surface area contributed by atoms with Gasteiger partial charge >= 0.3 is 5.97 Å². The summed E-state index contributed by atoms with van der Waals surface area (Å²) in [7, 11) is 2.06. The van der Waals surface area contributed by atoms with E-state index >= 15 is 0 Å². The van der Waals surface area contributed by atoms with Gasteiger partial charge in [-0.25, -0.2) is 4.79 Å². The van der Waals surface area contributed by atoms with E-state index in [2.05, 4.69) is 72.4 Å². The number of hydrogen-bond donors (Lipinski definition) is 2. The molecule has 0 radical (unpaired) electrons. The number of fused-ring (bicyclic) bond motifs is 3. The summed E-state index contributed by atoms with van der Waals surface area (Å²) in [4.78, 5) is 17.6. The number of aryl methyl sites for hydroxylation is 2. The number of aliphatic carboxylic acids is 1. The first-order chi connectivity index (χ1) is 22.7. The Hall–Kier alpha value is -3.77. The molecule has 2 heterocycles. The lowest BCUT2D eigenvalue weighted by Crippen LogP contribution is -2.53. The number of benzene rings is 2. The molecule has 3 aliphatic rings. The molecule has 6 nitrogen and oxygen atoms in total. The summed E-state index contributed by atoms with van der Waals surface area (Å²) in [5.41, 5.74) is 7.38. The molecule has 47 heavy (non-hydrogen) atoms. The summed E-state index contributed by atoms with van der Waals surface area (Å²) in [6.45, 7) is 5.27. The van der Waals surface area contributed by atoms with Gasteiger partial charge in [0.2, 0.25) is 0 Å². The Balaban J connectivity index is 1.16. The smallest absolute Gasteiger partial charge is 0.329 e. The van der Waals surface area contributed by atoms with E-state index in [4.69, 9.17) is 16.3 Å². The lowest BCUT2D eigenvalue weighted by molar-refractivity contribution is -0.144. The molecule has 246 valence electrons. The molecule has 7 rings (SSSR count). The van der Waals surface area contributed by atoms with E-state index in [1.165, 1.54) is 46.4 Å². The fraction of sp³-hybridized carbons (Fsp3) is 0.450. The Bertz CT molecular complexity index is 1770. The largest absolute Gasteiger partial charge is 0.493 e. The van der Waals surface area contributed by atoms with Crippen molar-refractivity contribution in [3.05, 3.63) is 101 Å². The van der Waals surface area contributed by atoms with Crippen LogP contribution in [0.4, 0.5) is 5.69 Å². The molecule has 0 amide bonds. The van der Waals surface area contributed by atoms with Crippen LogP contribution in [0.3, 0.4) is 0 Å². The molecule has 3 atom stereocenters. The maximum Gasteiger partial charge on any atom is 0.329 e. The maximum absolute atomic E-state index is 12.9. The van der Waals surface area contributed by atoms with Gasteiger partial charge in [0, 0.05) is 47.6 Å². The van der Waals surface area contributed by atoms with Crippen LogP contribution in [0.25, 0.3) is 11.1 Å². The van der Waals surface area contributed by atoms with Crippen molar-refractivity contribution in [2.24, 2.45) is 18.9 Å². The van der Waals surface area contributed by atoms with Crippen LogP contribution in [0, 0.1) is 11.8 Å². The Morgan fingerprint density at radius 3 is 2.70 bits per heavy atom. The van der Waals surface area contributed by atoms with Gasteiger partial charge < -0.3 is 19.7 Å². The SMILES string of the molecule is C[C@@H](COc1ccnc2c1[C@H](C)CCC2)CC1Cc2ccc(-c3ccn(C)c3)cc2C12CCC(Nc1cccc(Cl)c1)(C(=O)O)CC2. The van der Waals surface area contributed by atoms with Crippen molar-refractivity contribution in [3.8, 4) is 16.9 Å². The van der Waals surface area contributed by atoms with Crippen LogP contribution in [-0.4, -0.2) is 32.8 Å². The van der Waals surface area contributed by atoms with Crippen LogP contribution >= 0.6 is 11.6 Å². The average molecular weight is 652 g/mol. The molecule has 0 bridgehead atoms. The van der Waals surface area contributed by atoms with Crippen LogP contribution in [0.15, 0.2) is 73.2 Å². The highest BCUT2D eigenvalue weighted by Crippen LogP contribution is 2.56. The van der Waals surface area contributed by atoms with Crippen LogP contribution in [0.5, 0.6) is 5.75 Å². The first-order valence-corrected chi connectivity index (χ1v) is 17.7. The summed E-state index contributed by atoms with van der Waals surface area (Å²) < 4.78 is 8.67. The fourth-order valence-corrected chi connectivity index (χ4v) is 9.14. The standard InChI is InChI=1S/C40H46ClN3O3/c1-26(25-47-36-12-18-42-35-9-4-6-27(2)37(35)36)20-31-21-29-11-10-28(30-13-19-44(3)24-30)22-34(29)39(31)14-16-40(17-15-39,38(45)46)43-33-8-5-7-32(41)23-33/h5,7-8,10-13,18-19,22-24,26-27,31,43H,4,6,9,14-17,20-21,25H2,1-3H3,(H,45,46)/t26-,27-,31?,39?,40?/m1/s1. The minimum absolute atomic E-state index is 0.0896. The van der Waals surface area contributed by atoms with Crippen LogP contribution in [0.2, 0.25) is 5.02 Å². The van der Waals surface area contributed by atoms with Gasteiger partial charge in [-0.1, -0.05) is 49.7 Å². The van der Waals surface area contributed by atoms with E-state index in [0.29, 0.717) is 42.2 Å². The molecular weight excluding hydrogens is 606 g/mol. The van der Waals surface area contributed by atoms with E-state index in [9.17, 15) is 9.90 Å². The highest BCUT2D eigenvalue weighted by Gasteiger charge is 2.54. The van der Waals surface area contributed by atoms with Gasteiger partial charge in [-0.15, -0.1) is 0 Å². The minimum Gasteiger partial charge on any atom is -0.493 e. The van der Waals surface area contributed by atoms with E-state index in [1.807, 2.05) is 36.5 Å². The van der Waals surface area contributed by atoms with Crippen molar-refractivity contribution in [2.75, 3.05) is 11.9 Å². The number of hydrogen-bond acceptors (Lipinski definition) is 4. The Labute approximate surface area is 283 Å². The van der Waals surface area contributed by atoms with E-state index < -0.39 is 11.5 Å². The second-order valence-corrected chi connectivity index (χ2v) is 15.1. The molecule has 0 saturated heterocycles. The van der Waals surface area contributed by atoms with Gasteiger partial charge in [0.25, 0.3) is 0 Å². The van der Waals surface area contributed by atoms with Crippen LogP contribution in [-0.2, 0) is 30.1 Å². The lowest BCUT2D eigenvalue weighted by atomic mass is 9.59. The molecule has 1 unspecified atom stereocenters. The Morgan fingerprint density at radius 1 is 1.13 bits per heavy atom. The Morgan fingerprint density at radius 2 is 1.96 bits per heavy atom. The van der Waals surface area contributed by atoms with Crippen molar-refractivity contribution in [3.63, 3.8) is 0 Å². The number of rotatable bonds is 9. The zero-order valence-electron chi connectivity index (χ0n) is 27.8. The normalized spacial score (nSPS) is 25.6. The number of ether oxygens (including phenoxy) is 1. The molecule has 1 spiro atoms. The number of nitrogens with zero attached hydrogens (tertiary/aromatic N) is 2. The van der Waals surface area contributed by atoms with Gasteiger partial charge in [-0.3, -0.25) is 4.98 Å². The number of aromatic nitrogens is 2. The van der Waals surface area contributed by atoms with Crippen molar-refractivity contribution in [1.29, 1.82) is 0 Å². The molecule has 2 N–H and O–H groups in total. The van der Waals surface area contributed by atoms with Gasteiger partial charge in [-0.2, -0.15) is 0 Å². The number of carboxylic acids is 1. The van der Waals surface area contributed by atoms with Crippen LogP contribution < -0.4 is 10.1 Å². The number of pyridine rings is 1. The minimum atomic E-state index is -1.04. The summed E-state index contributed by atoms with van der Waals surface area (Å²) in [5.74, 6) is 1.43. The summed E-state index contributed by atoms with van der Waals surface area (Å²) in [6, 6.07) is 18.6. The predicted molar refractivity (Wildman–Crippen MR) is 188 cm³/mol. The lowest BCUT2D eigenvalue weighted by Gasteiger charge is -2.47. The van der Waals surface area contributed by atoms with Gasteiger partial charge in [-0.05, 0) is 134 Å². The fourth-order valence-electron chi connectivity index (χ4n) is 8.95. The predicted octanol–water partition coefficient (Wildman–Crippen LogP) is 9.21. The molecule has 2 aromatic carbocycles. The van der Waals surface area contributed by atoms with Crippen molar-refractivity contribution >= 4 is 23.3 Å². The molecule has 2 aromatic heterocycles. The van der Waals surface area contributed by atoms with E-state index in [1.54, 1.807) is 0 Å². The summed E-state index contributed by atoms with van der Waals surface area (Å²) in [6.07, 6.45) is 14.3. The number of nitrogens with one attached hydrogen (secondary N) is 1. The monoisotopic (exact) mass is 651 g/mol. The third kappa shape index (κ3) is 6.06. The summed E-state index contributed by atoms with van der Waals surface area (Å²) >= 11 is 6.28. The number of carbonyl (C=O) groups is 1. The third-order valence-electron chi connectivity index (χ3n) is 11.5. The number of carboxylic acid groups (broad SMARTS) is 1. The third-order valence-corrected chi connectivity index (χ3v) is 11.7. The molecule has 0 aliphatic heterocycles. The molecule has 1 fully saturated rings. The zero-order valence-corrected chi connectivity index (χ0v) is 28.5. The highest BCUT2D eigenvalue weighted by molar-refractivity contribution is 6.30. The zero-order chi connectivity index (χ0) is 32.8. The van der Waals surface area contributed by atoms with Crippen molar-refractivity contribution in [1.82, 2.24) is 9.55 Å². The molecule has 7 heteroatoms. The van der Waals surface area contributed by atoms with E-state index in [-0.39, 0.29) is 5.41 Å². The molecule has 4 aromatic rings. The van der Waals surface area contributed by atoms with Crippen LogP contribution in [0.1, 0.15) is 87.1 Å².